The number of hydrogen-bond donors (Lipinski definition) is 2. The highest BCUT2D eigenvalue weighted by molar-refractivity contribution is 6.35. The van der Waals surface area contributed by atoms with Gasteiger partial charge in [0, 0.05) is 13.5 Å². The lowest BCUT2D eigenvalue weighted by Gasteiger charge is -2.27. The van der Waals surface area contributed by atoms with Gasteiger partial charge in [0.2, 0.25) is 5.91 Å². The van der Waals surface area contributed by atoms with Crippen LogP contribution < -0.4 is 10.6 Å². The third-order valence-corrected chi connectivity index (χ3v) is 2.49. The fraction of sp³-hybridized carbons (Fsp3) is 0.500. The second-order valence-corrected chi connectivity index (χ2v) is 3.70. The summed E-state index contributed by atoms with van der Waals surface area (Å²) in [5.74, 6) is -2.85. The molecular formula is C10H12N4O4. The zero-order chi connectivity index (χ0) is 13.7. The number of nitrogens with zero attached hydrogens (tertiary/aromatic N) is 2. The highest BCUT2D eigenvalue weighted by Gasteiger charge is 2.33. The minimum atomic E-state index is -0.994. The minimum absolute atomic E-state index is 0.132. The van der Waals surface area contributed by atoms with Crippen molar-refractivity contribution in [2.24, 2.45) is 0 Å². The summed E-state index contributed by atoms with van der Waals surface area (Å²) in [7, 11) is 1.32. The second kappa shape index (κ2) is 5.77. The summed E-state index contributed by atoms with van der Waals surface area (Å²) >= 11 is 0. The molecule has 0 bridgehead atoms. The number of carbonyl (C=O) groups excluding carboxylic acids is 4. The Morgan fingerprint density at radius 2 is 2.11 bits per heavy atom. The molecule has 1 fully saturated rings. The predicted octanol–water partition coefficient (Wildman–Crippen LogP) is -2.11. The van der Waals surface area contributed by atoms with Gasteiger partial charge in [-0.15, -0.1) is 0 Å². The molecule has 8 heteroatoms. The Kier molecular flexibility index (Phi) is 4.37. The van der Waals surface area contributed by atoms with Crippen LogP contribution in [0, 0.1) is 11.3 Å². The molecule has 1 atom stereocenters. The van der Waals surface area contributed by atoms with Gasteiger partial charge >= 0.3 is 11.8 Å². The van der Waals surface area contributed by atoms with Gasteiger partial charge in [-0.1, -0.05) is 0 Å². The molecule has 4 amide bonds. The summed E-state index contributed by atoms with van der Waals surface area (Å²) in [6, 6.07) is 0.766. The standard InChI is InChI=1S/C10H12N4O4/c1-14-7(15)3-2-6(10(14)18)13-9(17)8(16)12-5-4-11/h6H,2-3,5H2,1H3,(H,12,16)(H,13,17). The van der Waals surface area contributed by atoms with Crippen LogP contribution in [-0.4, -0.2) is 48.2 Å². The highest BCUT2D eigenvalue weighted by Crippen LogP contribution is 2.11. The second-order valence-electron chi connectivity index (χ2n) is 3.70. The van der Waals surface area contributed by atoms with Crippen molar-refractivity contribution in [2.75, 3.05) is 13.6 Å². The van der Waals surface area contributed by atoms with Crippen molar-refractivity contribution in [3.05, 3.63) is 0 Å². The molecule has 0 aromatic rings. The topological polar surface area (TPSA) is 119 Å². The van der Waals surface area contributed by atoms with Crippen LogP contribution in [0.4, 0.5) is 0 Å². The van der Waals surface area contributed by atoms with E-state index in [9.17, 15) is 19.2 Å². The third kappa shape index (κ3) is 3.04. The van der Waals surface area contributed by atoms with Crippen LogP contribution in [-0.2, 0) is 19.2 Å². The van der Waals surface area contributed by atoms with Gasteiger partial charge in [-0.25, -0.2) is 0 Å². The monoisotopic (exact) mass is 252 g/mol. The van der Waals surface area contributed by atoms with Crippen molar-refractivity contribution in [1.29, 1.82) is 5.26 Å². The van der Waals surface area contributed by atoms with Gasteiger partial charge in [-0.3, -0.25) is 24.1 Å². The van der Waals surface area contributed by atoms with Gasteiger partial charge in [0.25, 0.3) is 5.91 Å². The Morgan fingerprint density at radius 3 is 2.72 bits per heavy atom. The average molecular weight is 252 g/mol. The van der Waals surface area contributed by atoms with E-state index in [2.05, 4.69) is 10.6 Å². The van der Waals surface area contributed by atoms with Crippen LogP contribution in [0.5, 0.6) is 0 Å². The summed E-state index contributed by atoms with van der Waals surface area (Å²) in [6.07, 6.45) is 0.298. The van der Waals surface area contributed by atoms with Gasteiger partial charge in [0.1, 0.15) is 12.6 Å². The Bertz CT molecular complexity index is 440. The number of hydrogen-bond acceptors (Lipinski definition) is 5. The molecule has 2 N–H and O–H groups in total. The quantitative estimate of drug-likeness (QED) is 0.331. The first-order valence-electron chi connectivity index (χ1n) is 5.23. The number of likely N-dealkylation sites (tertiary alicyclic amines) is 1. The number of amides is 4. The zero-order valence-electron chi connectivity index (χ0n) is 9.73. The Balaban J connectivity index is 2.55. The van der Waals surface area contributed by atoms with Crippen molar-refractivity contribution < 1.29 is 19.2 Å². The number of imide groups is 1. The summed E-state index contributed by atoms with van der Waals surface area (Å²) in [4.78, 5) is 46.2. The van der Waals surface area contributed by atoms with Crippen LogP contribution in [0.3, 0.4) is 0 Å². The Hall–Kier alpha value is -2.43. The summed E-state index contributed by atoms with van der Waals surface area (Å²) < 4.78 is 0. The van der Waals surface area contributed by atoms with E-state index in [1.807, 2.05) is 0 Å². The molecule has 0 spiro atoms. The number of nitriles is 1. The molecule has 0 aromatic heterocycles. The van der Waals surface area contributed by atoms with E-state index in [4.69, 9.17) is 5.26 Å². The Labute approximate surface area is 103 Å². The minimum Gasteiger partial charge on any atom is -0.336 e. The SMILES string of the molecule is CN1C(=O)CCC(NC(=O)C(=O)NCC#N)C1=O. The fourth-order valence-corrected chi connectivity index (χ4v) is 1.47. The molecule has 8 nitrogen and oxygen atoms in total. The molecule has 1 saturated heterocycles. The molecule has 1 aliphatic rings. The smallest absolute Gasteiger partial charge is 0.310 e. The van der Waals surface area contributed by atoms with E-state index < -0.39 is 23.8 Å². The molecule has 1 unspecified atom stereocenters. The van der Waals surface area contributed by atoms with E-state index in [1.54, 1.807) is 6.07 Å². The number of nitrogens with one attached hydrogen (secondary N) is 2. The van der Waals surface area contributed by atoms with E-state index >= 15 is 0 Å². The molecule has 96 valence electrons. The van der Waals surface area contributed by atoms with Crippen molar-refractivity contribution in [3.63, 3.8) is 0 Å². The van der Waals surface area contributed by atoms with Crippen LogP contribution in [0.2, 0.25) is 0 Å². The third-order valence-electron chi connectivity index (χ3n) is 2.49. The van der Waals surface area contributed by atoms with Gasteiger partial charge in [-0.05, 0) is 6.42 Å². The van der Waals surface area contributed by atoms with Crippen molar-refractivity contribution in [3.8, 4) is 6.07 Å². The van der Waals surface area contributed by atoms with Crippen molar-refractivity contribution >= 4 is 23.6 Å². The summed E-state index contributed by atoms with van der Waals surface area (Å²) in [5.41, 5.74) is 0. The Morgan fingerprint density at radius 1 is 1.44 bits per heavy atom. The predicted molar refractivity (Wildman–Crippen MR) is 57.6 cm³/mol. The molecule has 0 radical (unpaired) electrons. The van der Waals surface area contributed by atoms with Crippen LogP contribution >= 0.6 is 0 Å². The van der Waals surface area contributed by atoms with E-state index in [0.717, 1.165) is 4.90 Å². The molecule has 0 saturated carbocycles. The largest absolute Gasteiger partial charge is 0.336 e. The van der Waals surface area contributed by atoms with Gasteiger partial charge in [0.05, 0.1) is 6.07 Å². The van der Waals surface area contributed by atoms with Crippen LogP contribution in [0.25, 0.3) is 0 Å². The molecule has 1 aliphatic heterocycles. The number of likely N-dealkylation sites (N-methyl/N-ethyl adjacent to an activating group) is 1. The lowest BCUT2D eigenvalue weighted by atomic mass is 10.0. The summed E-state index contributed by atoms with van der Waals surface area (Å²) in [5, 5.41) is 12.5. The van der Waals surface area contributed by atoms with E-state index in [1.165, 1.54) is 7.05 Å². The average Bonchev–Trinajstić information content (AvgIpc) is 2.36. The lowest BCUT2D eigenvalue weighted by Crippen LogP contribution is -2.55. The molecule has 1 heterocycles. The highest BCUT2D eigenvalue weighted by atomic mass is 16.2. The van der Waals surface area contributed by atoms with E-state index in [0.29, 0.717) is 0 Å². The van der Waals surface area contributed by atoms with Gasteiger partial charge in [-0.2, -0.15) is 5.26 Å². The molecule has 1 rings (SSSR count). The van der Waals surface area contributed by atoms with Crippen molar-refractivity contribution in [2.45, 2.75) is 18.9 Å². The first kappa shape index (κ1) is 13.6. The van der Waals surface area contributed by atoms with Gasteiger partial charge in [0.15, 0.2) is 0 Å². The number of piperidine rings is 1. The maximum atomic E-state index is 11.6. The molecule has 0 aliphatic carbocycles. The maximum absolute atomic E-state index is 11.6. The fourth-order valence-electron chi connectivity index (χ4n) is 1.47. The summed E-state index contributed by atoms with van der Waals surface area (Å²) in [6.45, 7) is -0.288. The molecule has 18 heavy (non-hydrogen) atoms. The zero-order valence-corrected chi connectivity index (χ0v) is 9.73. The van der Waals surface area contributed by atoms with Crippen molar-refractivity contribution in [1.82, 2.24) is 15.5 Å². The number of carbonyl (C=O) groups is 4. The first-order valence-corrected chi connectivity index (χ1v) is 5.23. The normalized spacial score (nSPS) is 19.1. The van der Waals surface area contributed by atoms with Gasteiger partial charge < -0.3 is 10.6 Å². The van der Waals surface area contributed by atoms with Crippen LogP contribution in [0.15, 0.2) is 0 Å². The maximum Gasteiger partial charge on any atom is 0.310 e. The molecule has 0 aromatic carbocycles. The molecular weight excluding hydrogens is 240 g/mol. The lowest BCUT2D eigenvalue weighted by molar-refractivity contribution is -0.150. The first-order chi connectivity index (χ1) is 8.47. The van der Waals surface area contributed by atoms with E-state index in [-0.39, 0.29) is 25.3 Å². The number of rotatable bonds is 2. The van der Waals surface area contributed by atoms with Crippen LogP contribution in [0.1, 0.15) is 12.8 Å².